The first-order valence-electron chi connectivity index (χ1n) is 12.8. The SMILES string of the molecule is CCOc1ccccc1[C@@H]1C(C(=O)OCCOC)=C(C)NC2=C1C(=O)C[C@@H](c1ccc(OC)c(OC)c1)C2. The number of hydrogen-bond acceptors (Lipinski definition) is 8. The van der Waals surface area contributed by atoms with Crippen molar-refractivity contribution in [3.05, 3.63) is 76.1 Å². The highest BCUT2D eigenvalue weighted by Crippen LogP contribution is 2.48. The van der Waals surface area contributed by atoms with Crippen molar-refractivity contribution < 1.29 is 33.3 Å². The molecule has 0 radical (unpaired) electrons. The third kappa shape index (κ3) is 5.41. The van der Waals surface area contributed by atoms with Crippen molar-refractivity contribution in [1.29, 1.82) is 0 Å². The maximum Gasteiger partial charge on any atom is 0.336 e. The lowest BCUT2D eigenvalue weighted by atomic mass is 9.71. The maximum absolute atomic E-state index is 13.9. The fourth-order valence-corrected chi connectivity index (χ4v) is 5.26. The van der Waals surface area contributed by atoms with Crippen molar-refractivity contribution in [3.63, 3.8) is 0 Å². The molecule has 1 aliphatic heterocycles. The van der Waals surface area contributed by atoms with Crippen LogP contribution in [0.1, 0.15) is 49.7 Å². The summed E-state index contributed by atoms with van der Waals surface area (Å²) < 4.78 is 27.4. The van der Waals surface area contributed by atoms with Gasteiger partial charge in [0.05, 0.1) is 38.9 Å². The highest BCUT2D eigenvalue weighted by atomic mass is 16.6. The molecule has 0 amide bonds. The predicted molar refractivity (Wildman–Crippen MR) is 143 cm³/mol. The van der Waals surface area contributed by atoms with E-state index in [2.05, 4.69) is 5.32 Å². The van der Waals surface area contributed by atoms with Crippen molar-refractivity contribution in [2.24, 2.45) is 0 Å². The van der Waals surface area contributed by atoms with E-state index >= 15 is 0 Å². The first kappa shape index (κ1) is 27.3. The molecule has 0 bridgehead atoms. The summed E-state index contributed by atoms with van der Waals surface area (Å²) in [6.07, 6.45) is 0.904. The molecule has 0 spiro atoms. The minimum absolute atomic E-state index is 0.0236. The minimum Gasteiger partial charge on any atom is -0.494 e. The van der Waals surface area contributed by atoms with Crippen LogP contribution in [0.25, 0.3) is 0 Å². The molecule has 0 saturated heterocycles. The number of rotatable bonds is 10. The first-order chi connectivity index (χ1) is 18.4. The Balaban J connectivity index is 1.78. The Kier molecular flexibility index (Phi) is 8.73. The second-order valence-corrected chi connectivity index (χ2v) is 9.23. The van der Waals surface area contributed by atoms with E-state index in [-0.39, 0.29) is 24.9 Å². The van der Waals surface area contributed by atoms with E-state index in [9.17, 15) is 9.59 Å². The van der Waals surface area contributed by atoms with Gasteiger partial charge >= 0.3 is 5.97 Å². The smallest absolute Gasteiger partial charge is 0.336 e. The summed E-state index contributed by atoms with van der Waals surface area (Å²) in [5.74, 6) is 0.724. The molecule has 1 aliphatic carbocycles. The summed E-state index contributed by atoms with van der Waals surface area (Å²) in [5.41, 5.74) is 4.20. The van der Waals surface area contributed by atoms with Gasteiger partial charge in [-0.15, -0.1) is 0 Å². The predicted octanol–water partition coefficient (Wildman–Crippen LogP) is 4.65. The van der Waals surface area contributed by atoms with Crippen molar-refractivity contribution in [1.82, 2.24) is 5.32 Å². The van der Waals surface area contributed by atoms with Crippen LogP contribution in [0.5, 0.6) is 17.2 Å². The molecule has 1 heterocycles. The molecular formula is C30H35NO7. The Morgan fingerprint density at radius 1 is 0.974 bits per heavy atom. The summed E-state index contributed by atoms with van der Waals surface area (Å²) in [7, 11) is 4.74. The van der Waals surface area contributed by atoms with Crippen LogP contribution >= 0.6 is 0 Å². The van der Waals surface area contributed by atoms with Crippen LogP contribution in [0.3, 0.4) is 0 Å². The summed E-state index contributed by atoms with van der Waals surface area (Å²) in [6, 6.07) is 13.3. The van der Waals surface area contributed by atoms with E-state index < -0.39 is 11.9 Å². The topological polar surface area (TPSA) is 92.3 Å². The molecule has 1 N–H and O–H groups in total. The van der Waals surface area contributed by atoms with Gasteiger partial charge in [0.25, 0.3) is 0 Å². The zero-order chi connectivity index (χ0) is 27.2. The summed E-state index contributed by atoms with van der Waals surface area (Å²) >= 11 is 0. The molecule has 0 aromatic heterocycles. The van der Waals surface area contributed by atoms with Crippen LogP contribution in [0.15, 0.2) is 65.0 Å². The van der Waals surface area contributed by atoms with Crippen LogP contribution in [0.4, 0.5) is 0 Å². The zero-order valence-corrected chi connectivity index (χ0v) is 22.6. The van der Waals surface area contributed by atoms with Crippen molar-refractivity contribution in [2.75, 3.05) is 41.2 Å². The fraction of sp³-hybridized carbons (Fsp3) is 0.400. The summed E-state index contributed by atoms with van der Waals surface area (Å²) in [5, 5.41) is 3.38. The normalized spacial score (nSPS) is 19.0. The Labute approximate surface area is 223 Å². The molecule has 202 valence electrons. The standard InChI is InChI=1S/C30H35NO7/c1-6-37-24-10-8-7-9-21(24)28-27(30(33)38-14-13-34-3)18(2)31-22-15-20(16-23(32)29(22)28)19-11-12-25(35-4)26(17-19)36-5/h7-12,17,20,28,31H,6,13-16H2,1-5H3/t20-,28+/m0/s1. The van der Waals surface area contributed by atoms with Gasteiger partial charge in [-0.25, -0.2) is 4.79 Å². The van der Waals surface area contributed by atoms with Gasteiger partial charge in [-0.05, 0) is 49.9 Å². The van der Waals surface area contributed by atoms with Crippen LogP contribution in [-0.2, 0) is 19.1 Å². The van der Waals surface area contributed by atoms with Crippen LogP contribution in [0, 0.1) is 0 Å². The van der Waals surface area contributed by atoms with Gasteiger partial charge in [0.2, 0.25) is 0 Å². The molecule has 38 heavy (non-hydrogen) atoms. The zero-order valence-electron chi connectivity index (χ0n) is 22.6. The largest absolute Gasteiger partial charge is 0.494 e. The number of nitrogens with one attached hydrogen (secondary N) is 1. The lowest BCUT2D eigenvalue weighted by molar-refractivity contribution is -0.140. The minimum atomic E-state index is -0.608. The Morgan fingerprint density at radius 2 is 1.74 bits per heavy atom. The van der Waals surface area contributed by atoms with Crippen LogP contribution < -0.4 is 19.5 Å². The summed E-state index contributed by atoms with van der Waals surface area (Å²) in [4.78, 5) is 27.2. The van der Waals surface area contributed by atoms with Gasteiger partial charge in [0.15, 0.2) is 17.3 Å². The third-order valence-electron chi connectivity index (χ3n) is 6.98. The van der Waals surface area contributed by atoms with Crippen molar-refractivity contribution in [2.45, 2.75) is 38.5 Å². The molecule has 2 aromatic rings. The maximum atomic E-state index is 13.9. The number of dihydropyridines is 1. The molecule has 0 fully saturated rings. The number of allylic oxidation sites excluding steroid dienone is 3. The molecule has 8 heteroatoms. The van der Waals surface area contributed by atoms with Crippen molar-refractivity contribution in [3.8, 4) is 17.2 Å². The number of methoxy groups -OCH3 is 3. The van der Waals surface area contributed by atoms with Gasteiger partial charge < -0.3 is 29.0 Å². The van der Waals surface area contributed by atoms with E-state index in [1.54, 1.807) is 21.3 Å². The lowest BCUT2D eigenvalue weighted by Crippen LogP contribution is -2.36. The average molecular weight is 522 g/mol. The highest BCUT2D eigenvalue weighted by molar-refractivity contribution is 6.04. The van der Waals surface area contributed by atoms with Gasteiger partial charge in [-0.3, -0.25) is 4.79 Å². The van der Waals surface area contributed by atoms with E-state index in [0.717, 1.165) is 16.8 Å². The number of carbonyl (C=O) groups excluding carboxylic acids is 2. The number of ketones is 1. The molecule has 0 saturated carbocycles. The molecule has 2 atom stereocenters. The Morgan fingerprint density at radius 3 is 2.45 bits per heavy atom. The molecule has 2 aromatic carbocycles. The molecule has 0 unspecified atom stereocenters. The third-order valence-corrected chi connectivity index (χ3v) is 6.98. The number of carbonyl (C=O) groups is 2. The quantitative estimate of drug-likeness (QED) is 0.357. The van der Waals surface area contributed by atoms with E-state index in [0.29, 0.717) is 53.5 Å². The lowest BCUT2D eigenvalue weighted by Gasteiger charge is -2.37. The van der Waals surface area contributed by atoms with E-state index in [4.69, 9.17) is 23.7 Å². The highest BCUT2D eigenvalue weighted by Gasteiger charge is 2.42. The number of hydrogen-bond donors (Lipinski definition) is 1. The second-order valence-electron chi connectivity index (χ2n) is 9.23. The second kappa shape index (κ2) is 12.2. The fourth-order valence-electron chi connectivity index (χ4n) is 5.26. The van der Waals surface area contributed by atoms with E-state index in [1.807, 2.05) is 56.3 Å². The summed E-state index contributed by atoms with van der Waals surface area (Å²) in [6.45, 7) is 4.61. The van der Waals surface area contributed by atoms with Crippen LogP contribution in [-0.4, -0.2) is 52.9 Å². The molecule has 2 aliphatic rings. The molecule has 4 rings (SSSR count). The number of ether oxygens (including phenoxy) is 5. The van der Waals surface area contributed by atoms with Crippen molar-refractivity contribution >= 4 is 11.8 Å². The number of para-hydroxylation sites is 1. The van der Waals surface area contributed by atoms with Crippen LogP contribution in [0.2, 0.25) is 0 Å². The van der Waals surface area contributed by atoms with Gasteiger partial charge in [0, 0.05) is 36.1 Å². The average Bonchev–Trinajstić information content (AvgIpc) is 2.92. The molecule has 8 nitrogen and oxygen atoms in total. The van der Waals surface area contributed by atoms with E-state index in [1.165, 1.54) is 0 Å². The Bertz CT molecular complexity index is 1260. The number of esters is 1. The number of benzene rings is 2. The van der Waals surface area contributed by atoms with Gasteiger partial charge in [-0.1, -0.05) is 24.3 Å². The first-order valence-corrected chi connectivity index (χ1v) is 12.8. The van der Waals surface area contributed by atoms with Gasteiger partial charge in [-0.2, -0.15) is 0 Å². The number of Topliss-reactive ketones (excluding diaryl/α,β-unsaturated/α-hetero) is 1. The Hall–Kier alpha value is -3.78. The molecular weight excluding hydrogens is 486 g/mol. The van der Waals surface area contributed by atoms with Gasteiger partial charge in [0.1, 0.15) is 12.4 Å². The monoisotopic (exact) mass is 521 g/mol.